The van der Waals surface area contributed by atoms with Gasteiger partial charge in [0.1, 0.15) is 6.04 Å². The molecule has 22 heavy (non-hydrogen) atoms. The Balaban J connectivity index is 1.79. The van der Waals surface area contributed by atoms with Crippen LogP contribution in [-0.4, -0.2) is 31.4 Å². The molecule has 2 aromatic rings. The van der Waals surface area contributed by atoms with Gasteiger partial charge >= 0.3 is 0 Å². The van der Waals surface area contributed by atoms with Crippen molar-refractivity contribution in [2.24, 2.45) is 4.99 Å². The van der Waals surface area contributed by atoms with E-state index in [4.69, 9.17) is 4.99 Å². The number of nitrogens with zero attached hydrogens (tertiary/aromatic N) is 4. The Labute approximate surface area is 135 Å². The summed E-state index contributed by atoms with van der Waals surface area (Å²) in [5, 5.41) is 1.79. The van der Waals surface area contributed by atoms with Crippen molar-refractivity contribution in [3.63, 3.8) is 0 Å². The summed E-state index contributed by atoms with van der Waals surface area (Å²) in [6, 6.07) is 10.8. The van der Waals surface area contributed by atoms with Gasteiger partial charge in [-0.1, -0.05) is 24.8 Å². The van der Waals surface area contributed by atoms with Crippen LogP contribution >= 0.6 is 11.8 Å². The maximum Gasteiger partial charge on any atom is 0.160 e. The van der Waals surface area contributed by atoms with E-state index in [0.29, 0.717) is 5.25 Å². The average molecular weight is 312 g/mol. The van der Waals surface area contributed by atoms with E-state index in [1.807, 2.05) is 24.0 Å². The van der Waals surface area contributed by atoms with E-state index >= 15 is 0 Å². The highest BCUT2D eigenvalue weighted by Gasteiger charge is 2.44. The van der Waals surface area contributed by atoms with Crippen LogP contribution in [0.5, 0.6) is 0 Å². The number of thioether (sulfide) groups is 1. The minimum atomic E-state index is 0.0939. The van der Waals surface area contributed by atoms with E-state index in [-0.39, 0.29) is 12.1 Å². The van der Waals surface area contributed by atoms with Crippen LogP contribution in [0.2, 0.25) is 0 Å². The van der Waals surface area contributed by atoms with Crippen molar-refractivity contribution in [3.8, 4) is 0 Å². The summed E-state index contributed by atoms with van der Waals surface area (Å²) >= 11 is 1.89. The summed E-state index contributed by atoms with van der Waals surface area (Å²) in [5.74, 6) is 0. The molecule has 4 nitrogen and oxygen atoms in total. The molecule has 2 aliphatic rings. The van der Waals surface area contributed by atoms with E-state index in [9.17, 15) is 0 Å². The fourth-order valence-corrected chi connectivity index (χ4v) is 4.51. The predicted octanol–water partition coefficient (Wildman–Crippen LogP) is 3.49. The average Bonchev–Trinajstić information content (AvgIpc) is 3.21. The zero-order valence-corrected chi connectivity index (χ0v) is 13.7. The van der Waals surface area contributed by atoms with Crippen molar-refractivity contribution < 1.29 is 0 Å². The molecule has 0 N–H and O–H groups in total. The lowest BCUT2D eigenvalue weighted by Gasteiger charge is -2.28. The number of hydrogen-bond acceptors (Lipinski definition) is 4. The van der Waals surface area contributed by atoms with E-state index in [1.165, 1.54) is 10.9 Å². The Morgan fingerprint density at radius 2 is 2.18 bits per heavy atom. The van der Waals surface area contributed by atoms with Gasteiger partial charge in [-0.05, 0) is 31.2 Å². The van der Waals surface area contributed by atoms with Crippen LogP contribution < -0.4 is 0 Å². The molecule has 1 saturated heterocycles. The molecule has 0 saturated carbocycles. The molecule has 0 unspecified atom stereocenters. The molecule has 0 aromatic carbocycles. The molecule has 2 aliphatic heterocycles. The molecular formula is C17H20N4S. The first-order chi connectivity index (χ1) is 10.8. The molecule has 0 aliphatic carbocycles. The SMILES string of the molecule is CCn1cccc1[C@@H]1[C@H](c2ccccn2)N=C2S[C@@H](C)CN21. The van der Waals surface area contributed by atoms with Crippen LogP contribution in [0.3, 0.4) is 0 Å². The van der Waals surface area contributed by atoms with Crippen LogP contribution in [0.25, 0.3) is 0 Å². The summed E-state index contributed by atoms with van der Waals surface area (Å²) < 4.78 is 2.33. The first kappa shape index (κ1) is 13.9. The summed E-state index contributed by atoms with van der Waals surface area (Å²) in [4.78, 5) is 12.1. The van der Waals surface area contributed by atoms with E-state index < -0.39 is 0 Å². The van der Waals surface area contributed by atoms with Gasteiger partial charge in [0, 0.05) is 36.4 Å². The molecule has 5 heteroatoms. The van der Waals surface area contributed by atoms with Crippen LogP contribution in [0.15, 0.2) is 47.7 Å². The fraction of sp³-hybridized carbons (Fsp3) is 0.412. The third kappa shape index (κ3) is 2.15. The predicted molar refractivity (Wildman–Crippen MR) is 91.0 cm³/mol. The second-order valence-corrected chi connectivity index (χ2v) is 7.26. The van der Waals surface area contributed by atoms with E-state index in [1.54, 1.807) is 0 Å². The monoisotopic (exact) mass is 312 g/mol. The molecule has 2 aromatic heterocycles. The van der Waals surface area contributed by atoms with Crippen molar-refractivity contribution in [2.45, 2.75) is 37.7 Å². The lowest BCUT2D eigenvalue weighted by atomic mass is 10.0. The number of aliphatic imine (C=N–C) groups is 1. The Hall–Kier alpha value is -1.75. The lowest BCUT2D eigenvalue weighted by Crippen LogP contribution is -2.30. The molecule has 3 atom stereocenters. The van der Waals surface area contributed by atoms with Crippen molar-refractivity contribution in [1.82, 2.24) is 14.5 Å². The van der Waals surface area contributed by atoms with Gasteiger partial charge in [0.25, 0.3) is 0 Å². The van der Waals surface area contributed by atoms with Crippen molar-refractivity contribution >= 4 is 16.9 Å². The standard InChI is InChI=1S/C17H20N4S/c1-3-20-10-6-8-14(20)16-15(13-7-4-5-9-18-13)19-17-21(16)11-12(2)22-17/h4-10,12,15-16H,3,11H2,1-2H3/t12-,15-,16+/m0/s1. The summed E-state index contributed by atoms with van der Waals surface area (Å²) in [6.07, 6.45) is 4.03. The Morgan fingerprint density at radius 3 is 2.95 bits per heavy atom. The first-order valence-corrected chi connectivity index (χ1v) is 8.73. The Bertz CT molecular complexity index is 694. The number of hydrogen-bond donors (Lipinski definition) is 0. The number of rotatable bonds is 3. The molecule has 0 bridgehead atoms. The normalized spacial score (nSPS) is 27.1. The highest BCUT2D eigenvalue weighted by Crippen LogP contribution is 2.47. The highest BCUT2D eigenvalue weighted by molar-refractivity contribution is 8.14. The maximum atomic E-state index is 5.01. The van der Waals surface area contributed by atoms with Crippen LogP contribution in [-0.2, 0) is 6.54 Å². The smallest absolute Gasteiger partial charge is 0.160 e. The van der Waals surface area contributed by atoms with Gasteiger partial charge in [-0.15, -0.1) is 0 Å². The number of amidine groups is 1. The van der Waals surface area contributed by atoms with Gasteiger partial charge in [0.2, 0.25) is 0 Å². The van der Waals surface area contributed by atoms with Crippen LogP contribution in [0.4, 0.5) is 0 Å². The second-order valence-electron chi connectivity index (χ2n) is 5.86. The largest absolute Gasteiger partial charge is 0.350 e. The first-order valence-electron chi connectivity index (χ1n) is 7.85. The summed E-state index contributed by atoms with van der Waals surface area (Å²) in [7, 11) is 0. The Kier molecular flexibility index (Phi) is 3.45. The number of aromatic nitrogens is 2. The zero-order valence-electron chi connectivity index (χ0n) is 12.9. The molecule has 0 radical (unpaired) electrons. The van der Waals surface area contributed by atoms with Crippen LogP contribution in [0.1, 0.15) is 37.3 Å². The molecule has 4 rings (SSSR count). The highest BCUT2D eigenvalue weighted by atomic mass is 32.2. The zero-order chi connectivity index (χ0) is 15.1. The molecule has 1 fully saturated rings. The quantitative estimate of drug-likeness (QED) is 0.870. The third-order valence-electron chi connectivity index (χ3n) is 4.39. The third-order valence-corrected chi connectivity index (χ3v) is 5.49. The lowest BCUT2D eigenvalue weighted by molar-refractivity contribution is 0.307. The van der Waals surface area contributed by atoms with E-state index in [2.05, 4.69) is 58.8 Å². The number of fused-ring (bicyclic) bond motifs is 1. The minimum absolute atomic E-state index is 0.0939. The Morgan fingerprint density at radius 1 is 1.27 bits per heavy atom. The maximum absolute atomic E-state index is 5.01. The van der Waals surface area contributed by atoms with Gasteiger partial charge in [0.15, 0.2) is 5.17 Å². The van der Waals surface area contributed by atoms with Gasteiger partial charge in [0.05, 0.1) is 11.7 Å². The second kappa shape index (κ2) is 5.47. The molecule has 0 amide bonds. The summed E-state index contributed by atoms with van der Waals surface area (Å²) in [6.45, 7) is 6.51. The molecule has 4 heterocycles. The van der Waals surface area contributed by atoms with Crippen LogP contribution in [0, 0.1) is 0 Å². The van der Waals surface area contributed by atoms with Crippen molar-refractivity contribution in [2.75, 3.05) is 6.54 Å². The fourth-order valence-electron chi connectivity index (χ4n) is 3.42. The van der Waals surface area contributed by atoms with Gasteiger partial charge < -0.3 is 9.47 Å². The molecular weight excluding hydrogens is 292 g/mol. The van der Waals surface area contributed by atoms with Gasteiger partial charge in [-0.3, -0.25) is 9.98 Å². The topological polar surface area (TPSA) is 33.4 Å². The van der Waals surface area contributed by atoms with Crippen molar-refractivity contribution in [3.05, 3.63) is 54.1 Å². The number of aryl methyl sites for hydroxylation is 1. The molecule has 0 spiro atoms. The van der Waals surface area contributed by atoms with E-state index in [0.717, 1.165) is 18.8 Å². The molecule has 114 valence electrons. The van der Waals surface area contributed by atoms with Crippen molar-refractivity contribution in [1.29, 1.82) is 0 Å². The number of pyridine rings is 1. The minimum Gasteiger partial charge on any atom is -0.350 e. The van der Waals surface area contributed by atoms with Gasteiger partial charge in [-0.25, -0.2) is 0 Å². The van der Waals surface area contributed by atoms with Gasteiger partial charge in [-0.2, -0.15) is 0 Å². The summed E-state index contributed by atoms with van der Waals surface area (Å²) in [5.41, 5.74) is 2.40.